The third-order valence-corrected chi connectivity index (χ3v) is 3.93. The quantitative estimate of drug-likeness (QED) is 0.675. The SMILES string of the molecule is CCOc1ccccc1NC(=O)COc1ncnc2c(Cl)cc(Cl)cc12. The number of carbonyl (C=O) groups excluding carboxylic acids is 1. The fourth-order valence-corrected chi connectivity index (χ4v) is 2.90. The van der Waals surface area contributed by atoms with E-state index in [1.165, 1.54) is 6.33 Å². The number of fused-ring (bicyclic) bond motifs is 1. The molecule has 1 N–H and O–H groups in total. The van der Waals surface area contributed by atoms with Gasteiger partial charge < -0.3 is 14.8 Å². The van der Waals surface area contributed by atoms with Crippen LogP contribution in [0.2, 0.25) is 10.0 Å². The maximum absolute atomic E-state index is 12.2. The van der Waals surface area contributed by atoms with E-state index in [9.17, 15) is 4.79 Å². The fraction of sp³-hybridized carbons (Fsp3) is 0.167. The number of nitrogens with one attached hydrogen (secondary N) is 1. The van der Waals surface area contributed by atoms with Crippen molar-refractivity contribution < 1.29 is 14.3 Å². The molecule has 0 bridgehead atoms. The number of carbonyl (C=O) groups is 1. The summed E-state index contributed by atoms with van der Waals surface area (Å²) in [5.41, 5.74) is 1.07. The first-order chi connectivity index (χ1) is 12.6. The smallest absolute Gasteiger partial charge is 0.262 e. The van der Waals surface area contributed by atoms with Gasteiger partial charge in [0.05, 0.1) is 28.2 Å². The summed E-state index contributed by atoms with van der Waals surface area (Å²) in [7, 11) is 0. The Morgan fingerprint density at radius 3 is 2.77 bits per heavy atom. The van der Waals surface area contributed by atoms with Gasteiger partial charge in [-0.15, -0.1) is 0 Å². The van der Waals surface area contributed by atoms with E-state index in [1.807, 2.05) is 13.0 Å². The molecular weight excluding hydrogens is 377 g/mol. The molecule has 1 amide bonds. The summed E-state index contributed by atoms with van der Waals surface area (Å²) in [6.07, 6.45) is 1.32. The van der Waals surface area contributed by atoms with Gasteiger partial charge in [0.15, 0.2) is 6.61 Å². The van der Waals surface area contributed by atoms with Crippen molar-refractivity contribution in [2.75, 3.05) is 18.5 Å². The Balaban J connectivity index is 1.74. The minimum absolute atomic E-state index is 0.229. The normalized spacial score (nSPS) is 10.6. The maximum atomic E-state index is 12.2. The molecule has 0 aliphatic heterocycles. The zero-order valence-electron chi connectivity index (χ0n) is 13.8. The molecule has 0 radical (unpaired) electrons. The molecule has 0 fully saturated rings. The first-order valence-electron chi connectivity index (χ1n) is 7.82. The number of benzene rings is 2. The molecule has 2 aromatic carbocycles. The molecule has 0 saturated heterocycles. The summed E-state index contributed by atoms with van der Waals surface area (Å²) in [6, 6.07) is 10.4. The standard InChI is InChI=1S/C18H15Cl2N3O3/c1-2-25-15-6-4-3-5-14(15)23-16(24)9-26-18-12-7-11(19)8-13(20)17(12)21-10-22-18/h3-8,10H,2,9H2,1H3,(H,23,24). The molecule has 134 valence electrons. The Bertz CT molecular complexity index is 950. The number of rotatable bonds is 6. The van der Waals surface area contributed by atoms with Crippen molar-refractivity contribution in [2.24, 2.45) is 0 Å². The van der Waals surface area contributed by atoms with E-state index in [1.54, 1.807) is 30.3 Å². The van der Waals surface area contributed by atoms with Crippen molar-refractivity contribution in [3.05, 3.63) is 52.8 Å². The highest BCUT2D eigenvalue weighted by molar-refractivity contribution is 6.38. The van der Waals surface area contributed by atoms with Crippen LogP contribution in [0.3, 0.4) is 0 Å². The fourth-order valence-electron chi connectivity index (χ4n) is 2.36. The second-order valence-electron chi connectivity index (χ2n) is 5.23. The van der Waals surface area contributed by atoms with Gasteiger partial charge in [-0.05, 0) is 31.2 Å². The topological polar surface area (TPSA) is 73.3 Å². The number of aromatic nitrogens is 2. The second kappa shape index (κ2) is 8.21. The summed E-state index contributed by atoms with van der Waals surface area (Å²) in [4.78, 5) is 20.4. The number of para-hydroxylation sites is 2. The highest BCUT2D eigenvalue weighted by atomic mass is 35.5. The average molecular weight is 392 g/mol. The van der Waals surface area contributed by atoms with Crippen LogP contribution in [0.4, 0.5) is 5.69 Å². The van der Waals surface area contributed by atoms with Gasteiger partial charge >= 0.3 is 0 Å². The molecule has 0 aliphatic rings. The van der Waals surface area contributed by atoms with Gasteiger partial charge in [-0.3, -0.25) is 4.79 Å². The number of amides is 1. The van der Waals surface area contributed by atoms with E-state index in [0.29, 0.717) is 39.0 Å². The molecule has 0 aliphatic carbocycles. The van der Waals surface area contributed by atoms with Crippen molar-refractivity contribution in [1.82, 2.24) is 9.97 Å². The lowest BCUT2D eigenvalue weighted by atomic mass is 10.2. The highest BCUT2D eigenvalue weighted by Crippen LogP contribution is 2.30. The molecule has 1 heterocycles. The van der Waals surface area contributed by atoms with Gasteiger partial charge in [-0.2, -0.15) is 0 Å². The largest absolute Gasteiger partial charge is 0.492 e. The third-order valence-electron chi connectivity index (χ3n) is 3.42. The first-order valence-corrected chi connectivity index (χ1v) is 8.58. The first kappa shape index (κ1) is 18.2. The van der Waals surface area contributed by atoms with Crippen molar-refractivity contribution >= 4 is 45.7 Å². The van der Waals surface area contributed by atoms with Crippen LogP contribution < -0.4 is 14.8 Å². The van der Waals surface area contributed by atoms with Gasteiger partial charge in [0.2, 0.25) is 5.88 Å². The van der Waals surface area contributed by atoms with Crippen LogP contribution in [0.15, 0.2) is 42.7 Å². The van der Waals surface area contributed by atoms with Gasteiger partial charge in [-0.1, -0.05) is 35.3 Å². The van der Waals surface area contributed by atoms with Crippen molar-refractivity contribution in [2.45, 2.75) is 6.92 Å². The van der Waals surface area contributed by atoms with Crippen LogP contribution in [0.5, 0.6) is 11.6 Å². The molecule has 3 rings (SSSR count). The molecule has 1 aromatic heterocycles. The van der Waals surface area contributed by atoms with E-state index in [-0.39, 0.29) is 18.4 Å². The Morgan fingerprint density at radius 1 is 1.15 bits per heavy atom. The Hall–Kier alpha value is -2.57. The minimum atomic E-state index is -0.350. The average Bonchev–Trinajstić information content (AvgIpc) is 2.62. The zero-order valence-corrected chi connectivity index (χ0v) is 15.3. The van der Waals surface area contributed by atoms with E-state index >= 15 is 0 Å². The third kappa shape index (κ3) is 4.15. The molecule has 6 nitrogen and oxygen atoms in total. The molecule has 0 spiro atoms. The number of ether oxygens (including phenoxy) is 2. The lowest BCUT2D eigenvalue weighted by Crippen LogP contribution is -2.21. The zero-order chi connectivity index (χ0) is 18.5. The van der Waals surface area contributed by atoms with Crippen LogP contribution in [0, 0.1) is 0 Å². The molecule has 0 atom stereocenters. The summed E-state index contributed by atoms with van der Waals surface area (Å²) >= 11 is 12.2. The number of hydrogen-bond acceptors (Lipinski definition) is 5. The summed E-state index contributed by atoms with van der Waals surface area (Å²) in [5, 5.41) is 4.10. The summed E-state index contributed by atoms with van der Waals surface area (Å²) < 4.78 is 11.0. The Labute approximate surface area is 160 Å². The van der Waals surface area contributed by atoms with Gasteiger partial charge in [0.25, 0.3) is 5.91 Å². The Kier molecular flexibility index (Phi) is 5.75. The van der Waals surface area contributed by atoms with Gasteiger partial charge in [-0.25, -0.2) is 9.97 Å². The molecule has 8 heteroatoms. The van der Waals surface area contributed by atoms with Gasteiger partial charge in [0.1, 0.15) is 12.1 Å². The van der Waals surface area contributed by atoms with E-state index in [2.05, 4.69) is 15.3 Å². The van der Waals surface area contributed by atoms with Crippen LogP contribution >= 0.6 is 23.2 Å². The van der Waals surface area contributed by atoms with E-state index in [4.69, 9.17) is 32.7 Å². The number of hydrogen-bond donors (Lipinski definition) is 1. The summed E-state index contributed by atoms with van der Waals surface area (Å²) in [5.74, 6) is 0.471. The summed E-state index contributed by atoms with van der Waals surface area (Å²) in [6.45, 7) is 2.13. The van der Waals surface area contributed by atoms with Gasteiger partial charge in [0, 0.05) is 5.02 Å². The monoisotopic (exact) mass is 391 g/mol. The molecule has 3 aromatic rings. The van der Waals surface area contributed by atoms with Crippen LogP contribution in [-0.2, 0) is 4.79 Å². The van der Waals surface area contributed by atoms with Crippen molar-refractivity contribution in [3.8, 4) is 11.6 Å². The molecule has 0 unspecified atom stereocenters. The molecule has 0 saturated carbocycles. The lowest BCUT2D eigenvalue weighted by molar-refractivity contribution is -0.118. The predicted molar refractivity (Wildman–Crippen MR) is 101 cm³/mol. The van der Waals surface area contributed by atoms with Crippen molar-refractivity contribution in [3.63, 3.8) is 0 Å². The number of anilines is 1. The number of halogens is 2. The minimum Gasteiger partial charge on any atom is -0.492 e. The van der Waals surface area contributed by atoms with E-state index in [0.717, 1.165) is 0 Å². The number of nitrogens with zero attached hydrogens (tertiary/aromatic N) is 2. The van der Waals surface area contributed by atoms with Crippen molar-refractivity contribution in [1.29, 1.82) is 0 Å². The molecular formula is C18H15Cl2N3O3. The second-order valence-corrected chi connectivity index (χ2v) is 6.07. The van der Waals surface area contributed by atoms with Crippen LogP contribution in [-0.4, -0.2) is 29.1 Å². The maximum Gasteiger partial charge on any atom is 0.262 e. The van der Waals surface area contributed by atoms with E-state index < -0.39 is 0 Å². The highest BCUT2D eigenvalue weighted by Gasteiger charge is 2.12. The predicted octanol–water partition coefficient (Wildman–Crippen LogP) is 4.35. The van der Waals surface area contributed by atoms with Crippen LogP contribution in [0.25, 0.3) is 10.9 Å². The molecule has 26 heavy (non-hydrogen) atoms. The van der Waals surface area contributed by atoms with Crippen LogP contribution in [0.1, 0.15) is 6.92 Å². The lowest BCUT2D eigenvalue weighted by Gasteiger charge is -2.12. The Morgan fingerprint density at radius 2 is 1.96 bits per heavy atom.